The molecule has 168 valence electrons. The number of hydrogen-bond donors (Lipinski definition) is 0. The molecule has 1 unspecified atom stereocenters. The molecule has 1 aromatic heterocycles. The van der Waals surface area contributed by atoms with Gasteiger partial charge in [0, 0.05) is 30.7 Å². The van der Waals surface area contributed by atoms with Gasteiger partial charge in [-0.05, 0) is 55.2 Å². The molecule has 33 heavy (non-hydrogen) atoms. The number of allylic oxidation sites excluding steroid dienone is 2. The van der Waals surface area contributed by atoms with Gasteiger partial charge >= 0.3 is 6.16 Å². The highest BCUT2D eigenvalue weighted by molar-refractivity contribution is 6.25. The van der Waals surface area contributed by atoms with Crippen LogP contribution in [0.5, 0.6) is 0 Å². The van der Waals surface area contributed by atoms with Crippen LogP contribution in [0.3, 0.4) is 0 Å². The molecule has 1 atom stereocenters. The Kier molecular flexibility index (Phi) is 6.68. The molecule has 0 bridgehead atoms. The second-order valence-electron chi connectivity index (χ2n) is 8.49. The minimum Gasteiger partial charge on any atom is -0.429 e. The van der Waals surface area contributed by atoms with Gasteiger partial charge < -0.3 is 9.47 Å². The highest BCUT2D eigenvalue weighted by Gasteiger charge is 2.38. The van der Waals surface area contributed by atoms with Gasteiger partial charge in [-0.1, -0.05) is 54.1 Å². The third-order valence-electron chi connectivity index (χ3n) is 5.84. The number of aromatic nitrogens is 1. The lowest BCUT2D eigenvalue weighted by Gasteiger charge is -2.14. The van der Waals surface area contributed by atoms with Gasteiger partial charge in [0.2, 0.25) is 0 Å². The zero-order chi connectivity index (χ0) is 23.4. The molecule has 0 spiro atoms. The lowest BCUT2D eigenvalue weighted by atomic mass is 9.90. The van der Waals surface area contributed by atoms with Gasteiger partial charge in [-0.25, -0.2) is 4.79 Å². The highest BCUT2D eigenvalue weighted by atomic mass is 16.7. The summed E-state index contributed by atoms with van der Waals surface area (Å²) in [5, 5.41) is 0. The SMILES string of the molecule is Cc1cc(C)c(C2=C(OC(=O)OCc3ccccc3)CC(Cc3ccccn3)C2=O)c(C)c1. The third-order valence-corrected chi connectivity index (χ3v) is 5.84. The summed E-state index contributed by atoms with van der Waals surface area (Å²) in [6.07, 6.45) is 1.73. The first-order valence-corrected chi connectivity index (χ1v) is 11.1. The number of nitrogens with zero attached hydrogens (tertiary/aromatic N) is 1. The van der Waals surface area contributed by atoms with Gasteiger partial charge in [0.05, 0.1) is 5.57 Å². The van der Waals surface area contributed by atoms with Gasteiger partial charge in [-0.2, -0.15) is 0 Å². The van der Waals surface area contributed by atoms with Crippen LogP contribution in [0.2, 0.25) is 0 Å². The standard InChI is InChI=1S/C28H27NO4/c1-18-13-19(2)25(20(3)14-18)26-24(33-28(31)32-17-21-9-5-4-6-10-21)16-22(27(26)30)15-23-11-7-8-12-29-23/h4-14,22H,15-17H2,1-3H3. The van der Waals surface area contributed by atoms with Gasteiger partial charge in [-0.3, -0.25) is 9.78 Å². The van der Waals surface area contributed by atoms with Crippen molar-refractivity contribution in [3.63, 3.8) is 0 Å². The number of Topliss-reactive ketones (excluding diaryl/α,β-unsaturated/α-hetero) is 1. The van der Waals surface area contributed by atoms with Gasteiger partial charge in [0.1, 0.15) is 12.4 Å². The first-order valence-electron chi connectivity index (χ1n) is 11.1. The lowest BCUT2D eigenvalue weighted by molar-refractivity contribution is -0.116. The van der Waals surface area contributed by atoms with Crippen molar-refractivity contribution in [2.24, 2.45) is 5.92 Å². The van der Waals surface area contributed by atoms with E-state index in [1.807, 2.05) is 81.4 Å². The Bertz CT molecular complexity index is 1180. The van der Waals surface area contributed by atoms with E-state index in [1.54, 1.807) is 6.20 Å². The fourth-order valence-electron chi connectivity index (χ4n) is 4.47. The number of pyridine rings is 1. The number of carbonyl (C=O) groups excluding carboxylic acids is 2. The van der Waals surface area contributed by atoms with Crippen molar-refractivity contribution in [1.29, 1.82) is 0 Å². The monoisotopic (exact) mass is 441 g/mol. The molecule has 0 N–H and O–H groups in total. The van der Waals surface area contributed by atoms with E-state index in [2.05, 4.69) is 4.98 Å². The van der Waals surface area contributed by atoms with Crippen molar-refractivity contribution in [3.05, 3.63) is 106 Å². The average Bonchev–Trinajstić information content (AvgIpc) is 3.08. The number of ketones is 1. The molecule has 4 rings (SSSR count). The molecule has 0 radical (unpaired) electrons. The Hall–Kier alpha value is -3.73. The summed E-state index contributed by atoms with van der Waals surface area (Å²) in [7, 11) is 0. The molecule has 1 heterocycles. The average molecular weight is 442 g/mol. The van der Waals surface area contributed by atoms with Crippen LogP contribution in [0.4, 0.5) is 4.79 Å². The van der Waals surface area contributed by atoms with Crippen LogP contribution >= 0.6 is 0 Å². The molecule has 0 aliphatic heterocycles. The number of hydrogen-bond acceptors (Lipinski definition) is 5. The Morgan fingerprint density at radius 1 is 1.00 bits per heavy atom. The second kappa shape index (κ2) is 9.82. The van der Waals surface area contributed by atoms with Gasteiger partial charge in [0.25, 0.3) is 0 Å². The van der Waals surface area contributed by atoms with E-state index in [0.717, 1.165) is 33.5 Å². The van der Waals surface area contributed by atoms with E-state index >= 15 is 0 Å². The van der Waals surface area contributed by atoms with Crippen molar-refractivity contribution >= 4 is 17.5 Å². The second-order valence-corrected chi connectivity index (χ2v) is 8.49. The molecule has 0 saturated heterocycles. The van der Waals surface area contributed by atoms with Crippen LogP contribution in [0, 0.1) is 26.7 Å². The van der Waals surface area contributed by atoms with Gasteiger partial charge in [-0.15, -0.1) is 0 Å². The zero-order valence-corrected chi connectivity index (χ0v) is 19.1. The number of benzene rings is 2. The van der Waals surface area contributed by atoms with Gasteiger partial charge in [0.15, 0.2) is 5.78 Å². The number of rotatable bonds is 6. The molecule has 3 aromatic rings. The summed E-state index contributed by atoms with van der Waals surface area (Å²) in [5.41, 5.74) is 6.09. The summed E-state index contributed by atoms with van der Waals surface area (Å²) in [6.45, 7) is 6.09. The summed E-state index contributed by atoms with van der Waals surface area (Å²) in [6, 6.07) is 19.1. The fraction of sp³-hybridized carbons (Fsp3) is 0.250. The molecular weight excluding hydrogens is 414 g/mol. The largest absolute Gasteiger partial charge is 0.513 e. The van der Waals surface area contributed by atoms with E-state index in [9.17, 15) is 9.59 Å². The number of aryl methyl sites for hydroxylation is 3. The minimum atomic E-state index is -0.806. The summed E-state index contributed by atoms with van der Waals surface area (Å²) in [5.74, 6) is 0.00235. The van der Waals surface area contributed by atoms with E-state index in [1.165, 1.54) is 0 Å². The quantitative estimate of drug-likeness (QED) is 0.445. The van der Waals surface area contributed by atoms with E-state index in [4.69, 9.17) is 9.47 Å². The number of carbonyl (C=O) groups is 2. The van der Waals surface area contributed by atoms with E-state index < -0.39 is 6.16 Å². The maximum absolute atomic E-state index is 13.6. The fourth-order valence-corrected chi connectivity index (χ4v) is 4.47. The minimum absolute atomic E-state index is 0.0263. The Balaban J connectivity index is 1.61. The van der Waals surface area contributed by atoms with Crippen molar-refractivity contribution in [2.75, 3.05) is 0 Å². The predicted molar refractivity (Wildman–Crippen MR) is 126 cm³/mol. The van der Waals surface area contributed by atoms with Crippen LogP contribution in [0.1, 0.15) is 39.9 Å². The van der Waals surface area contributed by atoms with Crippen LogP contribution in [-0.4, -0.2) is 16.9 Å². The van der Waals surface area contributed by atoms with Crippen LogP contribution in [0.25, 0.3) is 5.57 Å². The van der Waals surface area contributed by atoms with Crippen LogP contribution in [-0.2, 0) is 27.3 Å². The molecular formula is C28H27NO4. The maximum atomic E-state index is 13.6. The van der Waals surface area contributed by atoms with E-state index in [0.29, 0.717) is 24.2 Å². The smallest absolute Gasteiger partial charge is 0.429 e. The normalized spacial score (nSPS) is 15.6. The van der Waals surface area contributed by atoms with Crippen molar-refractivity contribution in [1.82, 2.24) is 4.98 Å². The maximum Gasteiger partial charge on any atom is 0.513 e. The summed E-state index contributed by atoms with van der Waals surface area (Å²) in [4.78, 5) is 30.5. The molecule has 0 fully saturated rings. The molecule has 5 nitrogen and oxygen atoms in total. The first kappa shape index (κ1) is 22.5. The topological polar surface area (TPSA) is 65.5 Å². The summed E-state index contributed by atoms with van der Waals surface area (Å²) >= 11 is 0. The number of ether oxygens (including phenoxy) is 2. The first-order chi connectivity index (χ1) is 15.9. The molecule has 1 aliphatic carbocycles. The van der Waals surface area contributed by atoms with Crippen molar-refractivity contribution in [2.45, 2.75) is 40.2 Å². The zero-order valence-electron chi connectivity index (χ0n) is 19.1. The summed E-state index contributed by atoms with van der Waals surface area (Å²) < 4.78 is 11.0. The van der Waals surface area contributed by atoms with Crippen molar-refractivity contribution < 1.29 is 19.1 Å². The third kappa shape index (κ3) is 5.20. The van der Waals surface area contributed by atoms with Crippen LogP contribution < -0.4 is 0 Å². The van der Waals surface area contributed by atoms with Crippen LogP contribution in [0.15, 0.2) is 72.6 Å². The molecule has 1 aliphatic rings. The Labute approximate surface area is 194 Å². The lowest BCUT2D eigenvalue weighted by Crippen LogP contribution is -2.14. The molecule has 0 saturated carbocycles. The molecule has 0 amide bonds. The highest BCUT2D eigenvalue weighted by Crippen LogP contribution is 2.40. The van der Waals surface area contributed by atoms with Crippen molar-refractivity contribution in [3.8, 4) is 0 Å². The predicted octanol–water partition coefficient (Wildman–Crippen LogP) is 5.90. The molecule has 2 aromatic carbocycles. The molecule has 5 heteroatoms. The Morgan fingerprint density at radius 2 is 1.70 bits per heavy atom. The Morgan fingerprint density at radius 3 is 2.36 bits per heavy atom. The van der Waals surface area contributed by atoms with E-state index in [-0.39, 0.29) is 18.3 Å².